The molecule has 0 atom stereocenters. The van der Waals surface area contributed by atoms with Gasteiger partial charge < -0.3 is 20.2 Å². The van der Waals surface area contributed by atoms with E-state index in [1.54, 1.807) is 0 Å². The van der Waals surface area contributed by atoms with Crippen molar-refractivity contribution in [2.24, 2.45) is 0 Å². The molecule has 9 heavy (non-hydrogen) atoms. The number of carbonyl (C=O) groups excluding carboxylic acids is 2. The van der Waals surface area contributed by atoms with Crippen molar-refractivity contribution < 1.29 is 75.0 Å². The van der Waals surface area contributed by atoms with Crippen LogP contribution >= 0.6 is 0 Å². The van der Waals surface area contributed by atoms with Gasteiger partial charge in [0.05, 0.1) is 0 Å². The molecule has 1 heterocycles. The Morgan fingerprint density at radius 1 is 1.22 bits per heavy atom. The molecule has 0 aromatic heterocycles. The van der Waals surface area contributed by atoms with Crippen molar-refractivity contribution in [2.75, 3.05) is 6.54 Å². The molecule has 3 amide bonds. The molecule has 2 radical (unpaired) electrons. The van der Waals surface area contributed by atoms with Crippen molar-refractivity contribution in [3.05, 3.63) is 10.6 Å². The fourth-order valence-corrected chi connectivity index (χ4v) is 0.313. The molecule has 0 spiro atoms. The molecule has 1 saturated heterocycles. The first-order valence-corrected chi connectivity index (χ1v) is 1.75. The largest absolute Gasteiger partial charge is 0.665 e. The number of nitrogens with zero attached hydrogens (tertiary/aromatic N) is 2. The molecule has 0 bridgehead atoms. The normalized spacial score (nSPS) is 14.7. The summed E-state index contributed by atoms with van der Waals surface area (Å²) in [5, 5.41) is 6.11. The predicted molar refractivity (Wildman–Crippen MR) is 22.0 cm³/mol. The molecule has 0 unspecified atom stereocenters. The molecular weight excluding hydrogens is 274 g/mol. The van der Waals surface area contributed by atoms with Gasteiger partial charge in [-0.1, -0.05) is 6.54 Å². The van der Waals surface area contributed by atoms with Crippen LogP contribution in [0.1, 0.15) is 0 Å². The molecule has 0 aromatic carbocycles. The molecule has 1 rings (SSSR count). The first-order valence-electron chi connectivity index (χ1n) is 1.75. The second-order valence-corrected chi connectivity index (χ2v) is 1.10. The van der Waals surface area contributed by atoms with Gasteiger partial charge >= 0.3 is 0 Å². The first kappa shape index (κ1) is 12.8. The first-order chi connectivity index (χ1) is 3.29. The number of amides is 3. The average Bonchev–Trinajstić information content (AvgIpc) is 1.87. The van der Waals surface area contributed by atoms with Gasteiger partial charge in [-0.15, -0.1) is 0 Å². The number of rotatable bonds is 0. The zero-order valence-electron chi connectivity index (χ0n) is 4.57. The van der Waals surface area contributed by atoms with Gasteiger partial charge in [-0.2, -0.15) is 0 Å². The SMILES string of the molecule is O=C1C[N-]C(=O)[N-]1.[Y].[Y]. The minimum atomic E-state index is -0.648. The summed E-state index contributed by atoms with van der Waals surface area (Å²) in [4.78, 5) is 19.9. The maximum atomic E-state index is 9.97. The smallest absolute Gasteiger partial charge is 0.0375 e. The summed E-state index contributed by atoms with van der Waals surface area (Å²) >= 11 is 0. The Morgan fingerprint density at radius 3 is 1.89 bits per heavy atom. The van der Waals surface area contributed by atoms with E-state index in [-0.39, 0.29) is 72.0 Å². The number of urea groups is 1. The molecule has 4 nitrogen and oxygen atoms in total. The second-order valence-electron chi connectivity index (χ2n) is 1.10. The Morgan fingerprint density at radius 2 is 1.78 bits per heavy atom. The monoisotopic (exact) mass is 276 g/mol. The fourth-order valence-electron chi connectivity index (χ4n) is 0.313. The third kappa shape index (κ3) is 4.54. The standard InChI is InChI=1S/C3H4N2O2.2Y/c6-2-1-4-3(7)5-2;;/h1H2,(H2,4,5,6,7);;/p-2. The molecule has 0 saturated carbocycles. The van der Waals surface area contributed by atoms with Crippen LogP contribution in [0.15, 0.2) is 0 Å². The second kappa shape index (κ2) is 5.90. The van der Waals surface area contributed by atoms with E-state index in [0.717, 1.165) is 0 Å². The summed E-state index contributed by atoms with van der Waals surface area (Å²) in [5.41, 5.74) is 0. The van der Waals surface area contributed by atoms with Gasteiger partial charge in [0.2, 0.25) is 0 Å². The van der Waals surface area contributed by atoms with Crippen LogP contribution < -0.4 is 0 Å². The molecule has 6 heteroatoms. The van der Waals surface area contributed by atoms with Crippen molar-refractivity contribution in [3.63, 3.8) is 0 Å². The summed E-state index contributed by atoms with van der Waals surface area (Å²) in [6.45, 7) is -0.0567. The molecule has 1 aliphatic heterocycles. The summed E-state index contributed by atoms with van der Waals surface area (Å²) in [5.74, 6) is -0.440. The van der Waals surface area contributed by atoms with Crippen molar-refractivity contribution >= 4 is 11.9 Å². The van der Waals surface area contributed by atoms with E-state index in [2.05, 4.69) is 10.6 Å². The topological polar surface area (TPSA) is 62.3 Å². The van der Waals surface area contributed by atoms with Gasteiger partial charge in [-0.3, -0.25) is 0 Å². The van der Waals surface area contributed by atoms with E-state index >= 15 is 0 Å². The van der Waals surface area contributed by atoms with E-state index in [0.29, 0.717) is 0 Å². The van der Waals surface area contributed by atoms with Crippen LogP contribution in [0, 0.1) is 0 Å². The van der Waals surface area contributed by atoms with E-state index < -0.39 is 11.9 Å². The van der Waals surface area contributed by atoms with Crippen LogP contribution in [0.5, 0.6) is 0 Å². The number of hydrogen-bond donors (Lipinski definition) is 0. The van der Waals surface area contributed by atoms with Crippen LogP contribution in [0.4, 0.5) is 4.79 Å². The van der Waals surface area contributed by atoms with Crippen LogP contribution in [0.3, 0.4) is 0 Å². The quantitative estimate of drug-likeness (QED) is 0.601. The molecule has 44 valence electrons. The summed E-state index contributed by atoms with van der Waals surface area (Å²) in [6, 6.07) is -0.648. The number of hydrogen-bond acceptors (Lipinski definition) is 2. The van der Waals surface area contributed by atoms with Crippen LogP contribution in [0.2, 0.25) is 0 Å². The molecule has 0 aromatic rings. The molecular formula is C3H2N2O2Y2-2. The van der Waals surface area contributed by atoms with Gasteiger partial charge in [0.15, 0.2) is 0 Å². The summed E-state index contributed by atoms with van der Waals surface area (Å²) in [7, 11) is 0. The summed E-state index contributed by atoms with van der Waals surface area (Å²) in [6.07, 6.45) is 0. The van der Waals surface area contributed by atoms with Crippen molar-refractivity contribution in [1.82, 2.24) is 0 Å². The summed E-state index contributed by atoms with van der Waals surface area (Å²) < 4.78 is 0. The average molecular weight is 276 g/mol. The minimum Gasteiger partial charge on any atom is -0.665 e. The number of carbonyl (C=O) groups is 2. The molecule has 1 aliphatic rings. The molecule has 1 fully saturated rings. The van der Waals surface area contributed by atoms with E-state index in [9.17, 15) is 9.59 Å². The van der Waals surface area contributed by atoms with Crippen molar-refractivity contribution in [3.8, 4) is 0 Å². The zero-order chi connectivity index (χ0) is 5.28. The molecule has 0 N–H and O–H groups in total. The Hall–Kier alpha value is 1.15. The van der Waals surface area contributed by atoms with Gasteiger partial charge in [0, 0.05) is 71.3 Å². The van der Waals surface area contributed by atoms with Crippen LogP contribution in [0.25, 0.3) is 10.6 Å². The van der Waals surface area contributed by atoms with E-state index in [4.69, 9.17) is 0 Å². The van der Waals surface area contributed by atoms with Gasteiger partial charge in [-0.05, 0) is 6.03 Å². The minimum absolute atomic E-state index is 0. The van der Waals surface area contributed by atoms with Crippen LogP contribution in [-0.2, 0) is 70.2 Å². The van der Waals surface area contributed by atoms with E-state index in [1.165, 1.54) is 0 Å². The maximum absolute atomic E-state index is 9.97. The van der Waals surface area contributed by atoms with Gasteiger partial charge in [0.1, 0.15) is 0 Å². The number of imide groups is 1. The Kier molecular flexibility index (Phi) is 8.38. The Bertz CT molecular complexity index is 113. The van der Waals surface area contributed by atoms with Crippen molar-refractivity contribution in [2.45, 2.75) is 0 Å². The Balaban J connectivity index is 0. The maximum Gasteiger partial charge on any atom is 0.0375 e. The third-order valence-electron chi connectivity index (χ3n) is 0.570. The molecule has 0 aliphatic carbocycles. The zero-order valence-corrected chi connectivity index (χ0v) is 10.2. The third-order valence-corrected chi connectivity index (χ3v) is 0.570. The van der Waals surface area contributed by atoms with Gasteiger partial charge in [-0.25, -0.2) is 0 Å². The Labute approximate surface area is 103 Å². The predicted octanol–water partition coefficient (Wildman–Crippen LogP) is 0.389. The van der Waals surface area contributed by atoms with E-state index in [1.807, 2.05) is 0 Å². The van der Waals surface area contributed by atoms with Gasteiger partial charge in [0.25, 0.3) is 0 Å². The van der Waals surface area contributed by atoms with Crippen LogP contribution in [-0.4, -0.2) is 18.5 Å². The van der Waals surface area contributed by atoms with Crippen molar-refractivity contribution in [1.29, 1.82) is 0 Å². The fraction of sp³-hybridized carbons (Fsp3) is 0.333.